The number of nitrogens with one attached hydrogen (secondary N) is 2. The molecule has 0 saturated carbocycles. The van der Waals surface area contributed by atoms with E-state index >= 15 is 0 Å². The van der Waals surface area contributed by atoms with Crippen molar-refractivity contribution in [2.45, 2.75) is 71.6 Å². The molecule has 3 aliphatic rings. The summed E-state index contributed by atoms with van der Waals surface area (Å²) in [6.45, 7) is 20.5. The fourth-order valence-electron chi connectivity index (χ4n) is 9.52. The van der Waals surface area contributed by atoms with Crippen molar-refractivity contribution < 1.29 is 42.7 Å². The van der Waals surface area contributed by atoms with E-state index in [9.17, 15) is 19.2 Å². The Morgan fingerprint density at radius 3 is 1.90 bits per heavy atom. The van der Waals surface area contributed by atoms with E-state index in [1.54, 1.807) is 13.8 Å². The maximum atomic E-state index is 12.7. The smallest absolute Gasteiger partial charge is 0.407 e. The predicted molar refractivity (Wildman–Crippen MR) is 273 cm³/mol. The number of alkyl carbamates (subject to hydrolysis) is 2. The number of fused-ring (bicyclic) bond motifs is 6. The van der Waals surface area contributed by atoms with Gasteiger partial charge in [0.2, 0.25) is 5.69 Å². The molecule has 13 heteroatoms. The summed E-state index contributed by atoms with van der Waals surface area (Å²) in [6, 6.07) is 25.3. The average Bonchev–Trinajstić information content (AvgIpc) is 3.68. The molecule has 0 atom stereocenters. The van der Waals surface area contributed by atoms with Gasteiger partial charge in [0, 0.05) is 50.7 Å². The molecule has 12 nitrogen and oxygen atoms in total. The molecule has 0 aromatic heterocycles. The Labute approximate surface area is 409 Å². The third kappa shape index (κ3) is 11.0. The molecule has 69 heavy (non-hydrogen) atoms. The van der Waals surface area contributed by atoms with E-state index < -0.39 is 35.0 Å². The standard InChI is InChI=1S/C56H61ClN4O8/c1-36(2)51(62)66-32-28-58-53(64)68-34-30-60-44-24-20-38-14-9-11-18-42(38)48(44)55(5,6)46(60)26-22-40-16-13-17-41(50(40)57)23-27-47-56(7,8)49-43-19-12-10-15-39(43)21-25-45(49)61(47)31-35-69-54(65)59-29-33-67-52(63)37(3)4/h9-12,14-15,18-27H,1,3,13,16-17,28-35H2,2,4-8H3,(H-,58,59,64,65)/p+1. The highest BCUT2D eigenvalue weighted by atomic mass is 35.5. The van der Waals surface area contributed by atoms with Crippen LogP contribution in [0.2, 0.25) is 0 Å². The van der Waals surface area contributed by atoms with Gasteiger partial charge in [-0.2, -0.15) is 4.58 Å². The van der Waals surface area contributed by atoms with E-state index in [-0.39, 0.29) is 50.7 Å². The van der Waals surface area contributed by atoms with Gasteiger partial charge in [-0.25, -0.2) is 19.2 Å². The van der Waals surface area contributed by atoms with E-state index in [0.29, 0.717) is 18.1 Å². The minimum atomic E-state index is -0.598. The van der Waals surface area contributed by atoms with Gasteiger partial charge in [0.15, 0.2) is 18.9 Å². The molecule has 0 bridgehead atoms. The Morgan fingerprint density at radius 2 is 1.28 bits per heavy atom. The van der Waals surface area contributed by atoms with Gasteiger partial charge in [0.25, 0.3) is 0 Å². The summed E-state index contributed by atoms with van der Waals surface area (Å²) in [6.07, 6.45) is 9.95. The van der Waals surface area contributed by atoms with Gasteiger partial charge in [0.05, 0.1) is 25.0 Å². The highest BCUT2D eigenvalue weighted by molar-refractivity contribution is 6.32. The van der Waals surface area contributed by atoms with Crippen molar-refractivity contribution in [2.24, 2.45) is 0 Å². The Kier molecular flexibility index (Phi) is 15.6. The lowest BCUT2D eigenvalue weighted by Crippen LogP contribution is -2.33. The van der Waals surface area contributed by atoms with Gasteiger partial charge in [-0.3, -0.25) is 0 Å². The van der Waals surface area contributed by atoms with Crippen LogP contribution in [0, 0.1) is 0 Å². The number of benzene rings is 4. The minimum absolute atomic E-state index is 0.0109. The first-order valence-corrected chi connectivity index (χ1v) is 23.8. The van der Waals surface area contributed by atoms with Crippen molar-refractivity contribution in [3.05, 3.63) is 154 Å². The van der Waals surface area contributed by atoms with Gasteiger partial charge in [0.1, 0.15) is 19.8 Å². The average molecular weight is 955 g/mol. The molecule has 2 N–H and O–H groups in total. The van der Waals surface area contributed by atoms with Crippen molar-refractivity contribution in [3.8, 4) is 0 Å². The molecule has 360 valence electrons. The van der Waals surface area contributed by atoms with Crippen LogP contribution in [0.1, 0.15) is 71.9 Å². The number of anilines is 1. The zero-order valence-electron chi connectivity index (χ0n) is 40.5. The Morgan fingerprint density at radius 1 is 0.696 bits per heavy atom. The number of halogens is 1. The zero-order chi connectivity index (χ0) is 49.5. The summed E-state index contributed by atoms with van der Waals surface area (Å²) in [4.78, 5) is 51.0. The molecule has 1 aliphatic carbocycles. The fourth-order valence-corrected chi connectivity index (χ4v) is 9.84. The van der Waals surface area contributed by atoms with Gasteiger partial charge in [-0.1, -0.05) is 105 Å². The number of hydrogen-bond donors (Lipinski definition) is 2. The quantitative estimate of drug-likeness (QED) is 0.0349. The third-order valence-electron chi connectivity index (χ3n) is 12.9. The number of carbonyl (C=O) groups is 4. The first-order valence-electron chi connectivity index (χ1n) is 23.4. The molecule has 2 amide bonds. The van der Waals surface area contributed by atoms with Crippen LogP contribution in [0.3, 0.4) is 0 Å². The Bertz CT molecular complexity index is 2880. The molecule has 2 heterocycles. The molecule has 0 unspecified atom stereocenters. The maximum Gasteiger partial charge on any atom is 0.407 e. The molecule has 0 spiro atoms. The third-order valence-corrected chi connectivity index (χ3v) is 13.3. The monoisotopic (exact) mass is 953 g/mol. The largest absolute Gasteiger partial charge is 0.460 e. The van der Waals surface area contributed by atoms with Gasteiger partial charge < -0.3 is 34.5 Å². The molecular formula is C56H62ClN4O8+. The number of amides is 2. The fraction of sp³-hybridized carbons (Fsp3) is 0.339. The number of nitrogens with zero attached hydrogens (tertiary/aromatic N) is 2. The molecule has 0 saturated heterocycles. The molecule has 2 aliphatic heterocycles. The van der Waals surface area contributed by atoms with Crippen LogP contribution in [0.5, 0.6) is 0 Å². The van der Waals surface area contributed by atoms with Gasteiger partial charge >= 0.3 is 24.1 Å². The first-order chi connectivity index (χ1) is 33.0. The number of ether oxygens (including phenoxy) is 4. The summed E-state index contributed by atoms with van der Waals surface area (Å²) < 4.78 is 23.6. The van der Waals surface area contributed by atoms with Crippen LogP contribution >= 0.6 is 11.6 Å². The number of esters is 2. The first kappa shape index (κ1) is 50.0. The molecule has 4 aromatic carbocycles. The minimum Gasteiger partial charge on any atom is -0.460 e. The Hall–Kier alpha value is -6.92. The lowest BCUT2D eigenvalue weighted by molar-refractivity contribution is -0.440. The molecule has 0 fully saturated rings. The summed E-state index contributed by atoms with van der Waals surface area (Å²) in [7, 11) is 0. The highest BCUT2D eigenvalue weighted by Gasteiger charge is 2.46. The van der Waals surface area contributed by atoms with Crippen LogP contribution in [0.4, 0.5) is 21.0 Å². The van der Waals surface area contributed by atoms with Crippen molar-refractivity contribution in [3.63, 3.8) is 0 Å². The van der Waals surface area contributed by atoms with Crippen molar-refractivity contribution >= 4 is 74.4 Å². The van der Waals surface area contributed by atoms with Gasteiger partial charge in [-0.05, 0) is 103 Å². The van der Waals surface area contributed by atoms with E-state index in [1.807, 2.05) is 12.1 Å². The van der Waals surface area contributed by atoms with Crippen LogP contribution in [0.15, 0.2) is 143 Å². The summed E-state index contributed by atoms with van der Waals surface area (Å²) in [5, 5.41) is 10.6. The van der Waals surface area contributed by atoms with E-state index in [4.69, 9.17) is 30.5 Å². The summed E-state index contributed by atoms with van der Waals surface area (Å²) in [5.41, 5.74) is 8.43. The summed E-state index contributed by atoms with van der Waals surface area (Å²) >= 11 is 7.38. The molecule has 7 rings (SSSR count). The second-order valence-electron chi connectivity index (χ2n) is 18.5. The van der Waals surface area contributed by atoms with Crippen molar-refractivity contribution in [1.82, 2.24) is 10.6 Å². The molecule has 4 aromatic rings. The second-order valence-corrected chi connectivity index (χ2v) is 18.9. The lowest BCUT2D eigenvalue weighted by atomic mass is 9.78. The van der Waals surface area contributed by atoms with E-state index in [1.165, 1.54) is 11.1 Å². The van der Waals surface area contributed by atoms with Crippen LogP contribution < -0.4 is 15.5 Å². The zero-order valence-corrected chi connectivity index (χ0v) is 41.2. The predicted octanol–water partition coefficient (Wildman–Crippen LogP) is 10.9. The molecular weight excluding hydrogens is 892 g/mol. The topological polar surface area (TPSA) is 136 Å². The number of allylic oxidation sites excluding steroid dienone is 8. The summed E-state index contributed by atoms with van der Waals surface area (Å²) in [5.74, 6) is -1.02. The van der Waals surface area contributed by atoms with Crippen LogP contribution in [0.25, 0.3) is 21.5 Å². The molecule has 0 radical (unpaired) electrons. The number of hydrogen-bond acceptors (Lipinski definition) is 9. The SMILES string of the molecule is C=C(C)C(=O)OCCNC(=O)OCCN1/C(=C/C=C2\CCCC(/C=C/C3=[N+](CCOC(=O)NCCOC(=O)C(=C)C)c4ccc5ccccc5c4C3(C)C)=C2Cl)C(C)(C)c2c1ccc1ccccc21. The van der Waals surface area contributed by atoms with Crippen molar-refractivity contribution in [2.75, 3.05) is 57.5 Å². The number of rotatable bonds is 17. The van der Waals surface area contributed by atoms with Crippen LogP contribution in [-0.4, -0.2) is 87.0 Å². The maximum absolute atomic E-state index is 12.7. The normalized spacial score (nSPS) is 17.1. The van der Waals surface area contributed by atoms with Crippen molar-refractivity contribution in [1.29, 1.82) is 0 Å². The number of carbonyl (C=O) groups excluding carboxylic acids is 4. The highest BCUT2D eigenvalue weighted by Crippen LogP contribution is 2.51. The van der Waals surface area contributed by atoms with Gasteiger partial charge in [-0.15, -0.1) is 0 Å². The van der Waals surface area contributed by atoms with E-state index in [0.717, 1.165) is 74.7 Å². The second kappa shape index (κ2) is 21.6. The Balaban J connectivity index is 1.13. The van der Waals surface area contributed by atoms with Crippen LogP contribution in [-0.2, 0) is 39.4 Å². The lowest BCUT2D eigenvalue weighted by Gasteiger charge is -2.27. The van der Waals surface area contributed by atoms with E-state index in [2.05, 4.69) is 146 Å².